The van der Waals surface area contributed by atoms with Crippen molar-refractivity contribution in [1.82, 2.24) is 14.6 Å². The molecule has 1 saturated heterocycles. The molecule has 2 aromatic rings. The molecule has 0 spiro atoms. The summed E-state index contributed by atoms with van der Waals surface area (Å²) in [7, 11) is 0. The fraction of sp³-hybridized carbons (Fsp3) is 0.412. The molecular weight excluding hydrogens is 308 g/mol. The maximum atomic E-state index is 12.4. The number of para-hydroxylation sites is 2. The molecule has 3 amide bonds. The number of nitrogens with zero attached hydrogens (tertiary/aromatic N) is 3. The van der Waals surface area contributed by atoms with Crippen molar-refractivity contribution in [2.45, 2.75) is 25.7 Å². The Labute approximate surface area is 138 Å². The van der Waals surface area contributed by atoms with Crippen LogP contribution in [-0.2, 0) is 14.4 Å². The van der Waals surface area contributed by atoms with Crippen LogP contribution in [0.25, 0.3) is 11.0 Å². The number of hydrogen-bond acceptors (Lipinski definition) is 4. The summed E-state index contributed by atoms with van der Waals surface area (Å²) in [5, 5.41) is 0. The maximum Gasteiger partial charge on any atom is 0.259 e. The first-order valence-corrected chi connectivity index (χ1v) is 8.22. The molecule has 0 bridgehead atoms. The van der Waals surface area contributed by atoms with E-state index in [1.54, 1.807) is 0 Å². The van der Waals surface area contributed by atoms with Gasteiger partial charge in [0.2, 0.25) is 11.8 Å². The van der Waals surface area contributed by atoms with E-state index in [-0.39, 0.29) is 30.2 Å². The van der Waals surface area contributed by atoms with E-state index >= 15 is 0 Å². The molecule has 2 heterocycles. The Hall–Kier alpha value is -2.70. The van der Waals surface area contributed by atoms with Gasteiger partial charge in [-0.3, -0.25) is 24.7 Å². The Morgan fingerprint density at radius 2 is 1.79 bits per heavy atom. The first kappa shape index (κ1) is 14.9. The minimum Gasteiger partial charge on any atom is -0.274 e. The molecule has 0 radical (unpaired) electrons. The zero-order chi connectivity index (χ0) is 16.7. The molecule has 4 rings (SSSR count). The van der Waals surface area contributed by atoms with Gasteiger partial charge >= 0.3 is 0 Å². The molecular formula is C17H18N4O3. The third kappa shape index (κ3) is 2.36. The smallest absolute Gasteiger partial charge is 0.259 e. The molecule has 2 atom stereocenters. The normalized spacial score (nSPS) is 23.6. The second kappa shape index (κ2) is 5.74. The lowest BCUT2D eigenvalue weighted by Crippen LogP contribution is -2.40. The summed E-state index contributed by atoms with van der Waals surface area (Å²) in [4.78, 5) is 42.4. The number of fused-ring (bicyclic) bond motifs is 2. The number of carbonyl (C=O) groups excluding carboxylic acids is 3. The van der Waals surface area contributed by atoms with Gasteiger partial charge in [0, 0.05) is 0 Å². The van der Waals surface area contributed by atoms with E-state index < -0.39 is 5.91 Å². The first-order chi connectivity index (χ1) is 11.6. The summed E-state index contributed by atoms with van der Waals surface area (Å²) < 4.78 is 1.51. The average Bonchev–Trinajstić information content (AvgIpc) is 3.11. The molecule has 7 heteroatoms. The van der Waals surface area contributed by atoms with Gasteiger partial charge in [-0.2, -0.15) is 0 Å². The Morgan fingerprint density at radius 1 is 1.12 bits per heavy atom. The van der Waals surface area contributed by atoms with Gasteiger partial charge in [-0.1, -0.05) is 25.0 Å². The molecule has 1 aromatic carbocycles. The largest absolute Gasteiger partial charge is 0.274 e. The monoisotopic (exact) mass is 326 g/mol. The van der Waals surface area contributed by atoms with E-state index in [4.69, 9.17) is 0 Å². The maximum absolute atomic E-state index is 12.4. The summed E-state index contributed by atoms with van der Waals surface area (Å²) in [5.74, 6) is -1.26. The second-order valence-corrected chi connectivity index (χ2v) is 6.40. The van der Waals surface area contributed by atoms with Crippen molar-refractivity contribution >= 4 is 28.8 Å². The number of carbonyl (C=O) groups is 3. The van der Waals surface area contributed by atoms with Crippen molar-refractivity contribution < 1.29 is 14.4 Å². The summed E-state index contributed by atoms with van der Waals surface area (Å²) >= 11 is 0. The molecule has 1 aliphatic heterocycles. The van der Waals surface area contributed by atoms with Crippen molar-refractivity contribution in [2.75, 3.05) is 12.0 Å². The van der Waals surface area contributed by atoms with Gasteiger partial charge in [-0.25, -0.2) is 9.66 Å². The zero-order valence-corrected chi connectivity index (χ0v) is 13.1. The van der Waals surface area contributed by atoms with Crippen molar-refractivity contribution in [1.29, 1.82) is 0 Å². The molecule has 124 valence electrons. The predicted molar refractivity (Wildman–Crippen MR) is 86.3 cm³/mol. The lowest BCUT2D eigenvalue weighted by Gasteiger charge is -2.19. The van der Waals surface area contributed by atoms with Crippen LogP contribution in [0.5, 0.6) is 0 Å². The lowest BCUT2D eigenvalue weighted by atomic mass is 9.81. The molecule has 2 unspecified atom stereocenters. The molecule has 1 aromatic heterocycles. The van der Waals surface area contributed by atoms with E-state index in [1.165, 1.54) is 11.0 Å². The van der Waals surface area contributed by atoms with Gasteiger partial charge in [-0.15, -0.1) is 0 Å². The third-order valence-electron chi connectivity index (χ3n) is 4.93. The number of nitrogens with one attached hydrogen (secondary N) is 1. The summed E-state index contributed by atoms with van der Waals surface area (Å²) in [5.41, 5.74) is 4.21. The van der Waals surface area contributed by atoms with Crippen LogP contribution in [0, 0.1) is 11.8 Å². The fourth-order valence-electron chi connectivity index (χ4n) is 3.75. The molecule has 1 aliphatic carbocycles. The summed E-state index contributed by atoms with van der Waals surface area (Å²) in [6, 6.07) is 7.40. The van der Waals surface area contributed by atoms with Crippen molar-refractivity contribution in [3.05, 3.63) is 30.6 Å². The van der Waals surface area contributed by atoms with Crippen LogP contribution in [-0.4, -0.2) is 38.8 Å². The van der Waals surface area contributed by atoms with E-state index in [1.807, 2.05) is 24.3 Å². The van der Waals surface area contributed by atoms with Crippen LogP contribution in [0.4, 0.5) is 0 Å². The highest BCUT2D eigenvalue weighted by atomic mass is 16.2. The topological polar surface area (TPSA) is 84.3 Å². The molecule has 24 heavy (non-hydrogen) atoms. The number of aromatic nitrogens is 2. The Morgan fingerprint density at radius 3 is 2.50 bits per heavy atom. The van der Waals surface area contributed by atoms with Gasteiger partial charge in [0.25, 0.3) is 5.91 Å². The summed E-state index contributed by atoms with van der Waals surface area (Å²) in [6.07, 6.45) is 4.96. The molecule has 1 saturated carbocycles. The highest BCUT2D eigenvalue weighted by molar-refractivity contribution is 6.08. The predicted octanol–water partition coefficient (Wildman–Crippen LogP) is 1.28. The van der Waals surface area contributed by atoms with Gasteiger partial charge < -0.3 is 0 Å². The zero-order valence-electron chi connectivity index (χ0n) is 13.1. The number of imidazole rings is 1. The fourth-order valence-corrected chi connectivity index (χ4v) is 3.75. The lowest BCUT2D eigenvalue weighted by molar-refractivity contribution is -0.142. The van der Waals surface area contributed by atoms with E-state index in [0.717, 1.165) is 41.6 Å². The van der Waals surface area contributed by atoms with E-state index in [2.05, 4.69) is 10.4 Å². The highest BCUT2D eigenvalue weighted by Crippen LogP contribution is 2.37. The van der Waals surface area contributed by atoms with Crippen LogP contribution >= 0.6 is 0 Å². The van der Waals surface area contributed by atoms with E-state index in [0.29, 0.717) is 0 Å². The number of imide groups is 1. The van der Waals surface area contributed by atoms with Crippen LogP contribution in [0.15, 0.2) is 30.6 Å². The van der Waals surface area contributed by atoms with Crippen LogP contribution in [0.2, 0.25) is 0 Å². The second-order valence-electron chi connectivity index (χ2n) is 6.40. The Kier molecular flexibility index (Phi) is 3.55. The molecule has 1 N–H and O–H groups in total. The number of hydrogen-bond donors (Lipinski definition) is 1. The van der Waals surface area contributed by atoms with Crippen molar-refractivity contribution in [3.63, 3.8) is 0 Å². The number of benzene rings is 1. The molecule has 7 nitrogen and oxygen atoms in total. The minimum absolute atomic E-state index is 0.199. The van der Waals surface area contributed by atoms with E-state index in [9.17, 15) is 14.4 Å². The van der Waals surface area contributed by atoms with Gasteiger partial charge in [-0.05, 0) is 25.0 Å². The first-order valence-electron chi connectivity index (χ1n) is 8.22. The van der Waals surface area contributed by atoms with Crippen LogP contribution in [0.1, 0.15) is 25.7 Å². The number of amides is 3. The minimum atomic E-state index is -0.404. The van der Waals surface area contributed by atoms with Crippen LogP contribution < -0.4 is 5.43 Å². The standard InChI is InChI=1S/C17H18N4O3/c22-15(19-21-10-18-13-7-3-4-8-14(13)21)9-20-16(23)11-5-1-2-6-12(11)17(20)24/h3-4,7-8,10-12H,1-2,5-6,9H2,(H,19,22). The summed E-state index contributed by atoms with van der Waals surface area (Å²) in [6.45, 7) is -0.239. The Bertz CT molecular complexity index is 804. The van der Waals surface area contributed by atoms with Crippen LogP contribution in [0.3, 0.4) is 0 Å². The van der Waals surface area contributed by atoms with Gasteiger partial charge in [0.15, 0.2) is 0 Å². The number of likely N-dealkylation sites (tertiary alicyclic amines) is 1. The number of rotatable bonds is 3. The SMILES string of the molecule is O=C(CN1C(=O)C2CCCCC2C1=O)Nn1cnc2ccccc21. The molecule has 2 fully saturated rings. The quantitative estimate of drug-likeness (QED) is 0.861. The average molecular weight is 326 g/mol. The highest BCUT2D eigenvalue weighted by Gasteiger charge is 2.48. The van der Waals surface area contributed by atoms with Crippen molar-refractivity contribution in [2.24, 2.45) is 11.8 Å². The van der Waals surface area contributed by atoms with Gasteiger partial charge in [0.1, 0.15) is 12.9 Å². The van der Waals surface area contributed by atoms with Gasteiger partial charge in [0.05, 0.1) is 22.9 Å². The van der Waals surface area contributed by atoms with Crippen molar-refractivity contribution in [3.8, 4) is 0 Å². The third-order valence-corrected chi connectivity index (χ3v) is 4.93. The Balaban J connectivity index is 1.48. The molecule has 2 aliphatic rings.